The van der Waals surface area contributed by atoms with Crippen LogP contribution in [0, 0.1) is 10.1 Å². The van der Waals surface area contributed by atoms with Crippen LogP contribution >= 0.6 is 22.9 Å². The summed E-state index contributed by atoms with van der Waals surface area (Å²) in [5.41, 5.74) is -0.428. The molecular weight excluding hydrogens is 304 g/mol. The second kappa shape index (κ2) is 5.93. The molecule has 0 aliphatic rings. The minimum atomic E-state index is -0.654. The molecule has 0 radical (unpaired) electrons. The van der Waals surface area contributed by atoms with Crippen molar-refractivity contribution in [2.75, 3.05) is 5.32 Å². The predicted octanol–water partition coefficient (Wildman–Crippen LogP) is 2.91. The summed E-state index contributed by atoms with van der Waals surface area (Å²) in [6, 6.07) is 3.85. The molecule has 0 fully saturated rings. The van der Waals surface area contributed by atoms with Crippen LogP contribution in [0.5, 0.6) is 0 Å². The number of nitrogens with one attached hydrogen (secondary N) is 1. The average Bonchev–Trinajstić information content (AvgIpc) is 2.86. The summed E-state index contributed by atoms with van der Waals surface area (Å²) in [7, 11) is 0. The number of rotatable bonds is 4. The molecule has 104 valence electrons. The molecule has 7 nitrogen and oxygen atoms in total. The number of carbonyl (C=O) groups is 1. The van der Waals surface area contributed by atoms with E-state index in [0.717, 1.165) is 11.1 Å². The average molecular weight is 313 g/mol. The van der Waals surface area contributed by atoms with Crippen molar-refractivity contribution in [2.45, 2.75) is 13.3 Å². The molecule has 1 N–H and O–H groups in total. The summed E-state index contributed by atoms with van der Waals surface area (Å²) in [5, 5.41) is 22.3. The van der Waals surface area contributed by atoms with E-state index in [4.69, 9.17) is 11.6 Å². The number of halogens is 1. The van der Waals surface area contributed by atoms with Crippen LogP contribution in [0.25, 0.3) is 0 Å². The van der Waals surface area contributed by atoms with Gasteiger partial charge in [-0.25, -0.2) is 0 Å². The number of nitro groups is 1. The Morgan fingerprint density at radius 1 is 1.50 bits per heavy atom. The van der Waals surface area contributed by atoms with E-state index in [9.17, 15) is 14.9 Å². The molecular formula is C11H9ClN4O3S. The highest BCUT2D eigenvalue weighted by Gasteiger charge is 2.21. The summed E-state index contributed by atoms with van der Waals surface area (Å²) < 4.78 is 0. The summed E-state index contributed by atoms with van der Waals surface area (Å²) in [4.78, 5) is 22.3. The van der Waals surface area contributed by atoms with Crippen molar-refractivity contribution in [1.82, 2.24) is 10.2 Å². The van der Waals surface area contributed by atoms with E-state index in [1.807, 2.05) is 6.92 Å². The maximum Gasteiger partial charge on any atom is 0.283 e. The van der Waals surface area contributed by atoms with Gasteiger partial charge >= 0.3 is 0 Å². The molecule has 0 aliphatic carbocycles. The zero-order chi connectivity index (χ0) is 14.7. The number of hydrogen-bond donors (Lipinski definition) is 1. The van der Waals surface area contributed by atoms with E-state index in [1.165, 1.54) is 23.5 Å². The van der Waals surface area contributed by atoms with Crippen molar-refractivity contribution in [1.29, 1.82) is 0 Å². The summed E-state index contributed by atoms with van der Waals surface area (Å²) in [6.07, 6.45) is 0.703. The third-order valence-electron chi connectivity index (χ3n) is 2.39. The first-order valence-electron chi connectivity index (χ1n) is 5.59. The first-order chi connectivity index (χ1) is 9.51. The van der Waals surface area contributed by atoms with Crippen molar-refractivity contribution in [2.24, 2.45) is 0 Å². The minimum Gasteiger partial charge on any atom is -0.296 e. The van der Waals surface area contributed by atoms with Crippen molar-refractivity contribution < 1.29 is 9.72 Å². The number of nitro benzene ring substituents is 1. The second-order valence-electron chi connectivity index (χ2n) is 3.73. The second-order valence-corrected chi connectivity index (χ2v) is 5.23. The van der Waals surface area contributed by atoms with E-state index < -0.39 is 10.8 Å². The molecule has 0 aliphatic heterocycles. The number of anilines is 1. The SMILES string of the molecule is CCc1nnc(NC(=O)c2ccc(Cl)cc2[N+](=O)[O-])s1. The van der Waals surface area contributed by atoms with Crippen molar-refractivity contribution in [3.63, 3.8) is 0 Å². The van der Waals surface area contributed by atoms with Gasteiger partial charge in [-0.05, 0) is 18.6 Å². The Kier molecular flexibility index (Phi) is 4.26. The molecule has 0 bridgehead atoms. The smallest absolute Gasteiger partial charge is 0.283 e. The molecule has 9 heteroatoms. The van der Waals surface area contributed by atoms with Crippen LogP contribution in [0.4, 0.5) is 10.8 Å². The normalized spacial score (nSPS) is 10.3. The summed E-state index contributed by atoms with van der Waals surface area (Å²) in [6.45, 7) is 1.91. The standard InChI is InChI=1S/C11H9ClN4O3S/c1-2-9-14-15-11(20-9)13-10(17)7-4-3-6(12)5-8(7)16(18)19/h3-5H,2H2,1H3,(H,13,15,17). The van der Waals surface area contributed by atoms with E-state index in [-0.39, 0.29) is 16.3 Å². The number of nitrogens with zero attached hydrogens (tertiary/aromatic N) is 3. The highest BCUT2D eigenvalue weighted by molar-refractivity contribution is 7.15. The van der Waals surface area contributed by atoms with Gasteiger partial charge in [0.25, 0.3) is 11.6 Å². The Morgan fingerprint density at radius 3 is 2.85 bits per heavy atom. The highest BCUT2D eigenvalue weighted by atomic mass is 35.5. The topological polar surface area (TPSA) is 98.0 Å². The quantitative estimate of drug-likeness (QED) is 0.691. The van der Waals surface area contributed by atoms with Crippen LogP contribution in [-0.4, -0.2) is 21.0 Å². The van der Waals surface area contributed by atoms with E-state index in [1.54, 1.807) is 0 Å². The lowest BCUT2D eigenvalue weighted by atomic mass is 10.1. The molecule has 0 spiro atoms. The molecule has 0 saturated heterocycles. The zero-order valence-electron chi connectivity index (χ0n) is 10.3. The number of hydrogen-bond acceptors (Lipinski definition) is 6. The fourth-order valence-electron chi connectivity index (χ4n) is 1.46. The number of aryl methyl sites for hydroxylation is 1. The van der Waals surface area contributed by atoms with Gasteiger partial charge in [0.15, 0.2) is 0 Å². The van der Waals surface area contributed by atoms with Crippen LogP contribution < -0.4 is 5.32 Å². The van der Waals surface area contributed by atoms with Crippen LogP contribution in [0.2, 0.25) is 5.02 Å². The van der Waals surface area contributed by atoms with Crippen LogP contribution in [0.1, 0.15) is 22.3 Å². The maximum atomic E-state index is 12.0. The molecule has 2 aromatic rings. The Hall–Kier alpha value is -2.06. The number of amides is 1. The van der Waals surface area contributed by atoms with Crippen molar-refractivity contribution in [3.8, 4) is 0 Å². The molecule has 1 heterocycles. The van der Waals surface area contributed by atoms with Crippen LogP contribution in [0.3, 0.4) is 0 Å². The summed E-state index contributed by atoms with van der Waals surface area (Å²) >= 11 is 6.91. The van der Waals surface area contributed by atoms with E-state index in [0.29, 0.717) is 11.6 Å². The monoisotopic (exact) mass is 312 g/mol. The van der Waals surface area contributed by atoms with Crippen LogP contribution in [-0.2, 0) is 6.42 Å². The Bertz CT molecular complexity index is 673. The molecule has 1 aromatic carbocycles. The molecule has 2 rings (SSSR count). The number of benzene rings is 1. The Morgan fingerprint density at radius 2 is 2.25 bits per heavy atom. The van der Waals surface area contributed by atoms with Crippen molar-refractivity contribution in [3.05, 3.63) is 43.9 Å². The largest absolute Gasteiger partial charge is 0.296 e. The molecule has 1 amide bonds. The highest BCUT2D eigenvalue weighted by Crippen LogP contribution is 2.24. The van der Waals surface area contributed by atoms with Gasteiger partial charge in [0.1, 0.15) is 10.6 Å². The van der Waals surface area contributed by atoms with E-state index >= 15 is 0 Å². The maximum absolute atomic E-state index is 12.0. The van der Waals surface area contributed by atoms with Gasteiger partial charge in [0, 0.05) is 11.1 Å². The van der Waals surface area contributed by atoms with Gasteiger partial charge in [-0.15, -0.1) is 10.2 Å². The Balaban J connectivity index is 2.27. The lowest BCUT2D eigenvalue weighted by Gasteiger charge is -2.02. The third kappa shape index (κ3) is 3.09. The predicted molar refractivity (Wildman–Crippen MR) is 75.3 cm³/mol. The first-order valence-corrected chi connectivity index (χ1v) is 6.78. The fraction of sp³-hybridized carbons (Fsp3) is 0.182. The number of carbonyl (C=O) groups excluding carboxylic acids is 1. The molecule has 1 aromatic heterocycles. The van der Waals surface area contributed by atoms with Gasteiger partial charge in [0.2, 0.25) is 5.13 Å². The Labute approximate surface area is 122 Å². The minimum absolute atomic E-state index is 0.0763. The molecule has 0 saturated carbocycles. The first kappa shape index (κ1) is 14.4. The zero-order valence-corrected chi connectivity index (χ0v) is 11.9. The van der Waals surface area contributed by atoms with Gasteiger partial charge in [0.05, 0.1) is 4.92 Å². The fourth-order valence-corrected chi connectivity index (χ4v) is 2.30. The summed E-state index contributed by atoms with van der Waals surface area (Å²) in [5.74, 6) is -0.618. The van der Waals surface area contributed by atoms with Gasteiger partial charge in [-0.1, -0.05) is 29.9 Å². The van der Waals surface area contributed by atoms with Gasteiger partial charge in [-0.2, -0.15) is 0 Å². The van der Waals surface area contributed by atoms with Crippen LogP contribution in [0.15, 0.2) is 18.2 Å². The lowest BCUT2D eigenvalue weighted by molar-refractivity contribution is -0.385. The van der Waals surface area contributed by atoms with Gasteiger partial charge < -0.3 is 0 Å². The molecule has 0 atom stereocenters. The van der Waals surface area contributed by atoms with E-state index in [2.05, 4.69) is 15.5 Å². The van der Waals surface area contributed by atoms with Gasteiger partial charge in [-0.3, -0.25) is 20.2 Å². The lowest BCUT2D eigenvalue weighted by Crippen LogP contribution is -2.13. The van der Waals surface area contributed by atoms with Crippen molar-refractivity contribution >= 4 is 39.7 Å². The number of aromatic nitrogens is 2. The molecule has 0 unspecified atom stereocenters. The third-order valence-corrected chi connectivity index (χ3v) is 3.61. The molecule has 20 heavy (non-hydrogen) atoms.